The summed E-state index contributed by atoms with van der Waals surface area (Å²) in [6.45, 7) is 0.999. The molecule has 2 rings (SSSR count). The molecule has 0 saturated heterocycles. The quantitative estimate of drug-likeness (QED) is 0.861. The molecule has 88 valence electrons. The van der Waals surface area contributed by atoms with Crippen molar-refractivity contribution in [3.63, 3.8) is 0 Å². The SMILES string of the molecule is CNCCc1c[nH]c2cc(OC)ccc12.Cl. The molecule has 0 aliphatic carbocycles. The van der Waals surface area contributed by atoms with Gasteiger partial charge in [0.25, 0.3) is 0 Å². The van der Waals surface area contributed by atoms with Crippen LogP contribution in [0.25, 0.3) is 10.9 Å². The third kappa shape index (κ3) is 2.49. The lowest BCUT2D eigenvalue weighted by molar-refractivity contribution is 0.415. The Balaban J connectivity index is 0.00000128. The van der Waals surface area contributed by atoms with E-state index in [-0.39, 0.29) is 12.4 Å². The summed E-state index contributed by atoms with van der Waals surface area (Å²) in [6.07, 6.45) is 3.12. The Morgan fingerprint density at radius 3 is 2.88 bits per heavy atom. The van der Waals surface area contributed by atoms with Crippen LogP contribution in [0, 0.1) is 0 Å². The van der Waals surface area contributed by atoms with Crippen LogP contribution in [0.2, 0.25) is 0 Å². The van der Waals surface area contributed by atoms with Crippen LogP contribution < -0.4 is 10.1 Å². The van der Waals surface area contributed by atoms with E-state index < -0.39 is 0 Å². The third-order valence-electron chi connectivity index (χ3n) is 2.62. The van der Waals surface area contributed by atoms with E-state index in [1.165, 1.54) is 10.9 Å². The zero-order valence-electron chi connectivity index (χ0n) is 9.54. The van der Waals surface area contributed by atoms with Crippen molar-refractivity contribution in [1.82, 2.24) is 10.3 Å². The van der Waals surface area contributed by atoms with Gasteiger partial charge in [0, 0.05) is 23.2 Å². The van der Waals surface area contributed by atoms with E-state index in [0.29, 0.717) is 0 Å². The number of methoxy groups -OCH3 is 1. The van der Waals surface area contributed by atoms with E-state index in [0.717, 1.165) is 24.2 Å². The smallest absolute Gasteiger partial charge is 0.120 e. The van der Waals surface area contributed by atoms with Crippen LogP contribution in [0.3, 0.4) is 0 Å². The first-order valence-corrected chi connectivity index (χ1v) is 5.13. The predicted octanol–water partition coefficient (Wildman–Crippen LogP) is 2.36. The van der Waals surface area contributed by atoms with E-state index in [1.54, 1.807) is 7.11 Å². The normalized spacial score (nSPS) is 10.1. The Hall–Kier alpha value is -1.19. The van der Waals surface area contributed by atoms with E-state index in [9.17, 15) is 0 Å². The maximum absolute atomic E-state index is 5.18. The van der Waals surface area contributed by atoms with Crippen molar-refractivity contribution in [3.05, 3.63) is 30.0 Å². The van der Waals surface area contributed by atoms with Gasteiger partial charge in [-0.2, -0.15) is 0 Å². The minimum Gasteiger partial charge on any atom is -0.497 e. The Morgan fingerprint density at radius 1 is 1.38 bits per heavy atom. The molecule has 0 spiro atoms. The van der Waals surface area contributed by atoms with Crippen LogP contribution in [0.1, 0.15) is 5.56 Å². The molecular formula is C12H17ClN2O. The summed E-state index contributed by atoms with van der Waals surface area (Å²) < 4.78 is 5.18. The zero-order valence-corrected chi connectivity index (χ0v) is 10.4. The number of fused-ring (bicyclic) bond motifs is 1. The average molecular weight is 241 g/mol. The maximum atomic E-state index is 5.18. The van der Waals surface area contributed by atoms with E-state index in [4.69, 9.17) is 4.74 Å². The van der Waals surface area contributed by atoms with Crippen LogP contribution in [0.5, 0.6) is 5.75 Å². The highest BCUT2D eigenvalue weighted by molar-refractivity contribution is 5.85. The number of ether oxygens (including phenoxy) is 1. The number of H-pyrrole nitrogens is 1. The van der Waals surface area contributed by atoms with Gasteiger partial charge in [-0.1, -0.05) is 0 Å². The summed E-state index contributed by atoms with van der Waals surface area (Å²) in [4.78, 5) is 3.26. The van der Waals surface area contributed by atoms with Crippen LogP contribution >= 0.6 is 12.4 Å². The number of aromatic nitrogens is 1. The van der Waals surface area contributed by atoms with Gasteiger partial charge in [0.2, 0.25) is 0 Å². The summed E-state index contributed by atoms with van der Waals surface area (Å²) >= 11 is 0. The van der Waals surface area contributed by atoms with Crippen molar-refractivity contribution in [1.29, 1.82) is 0 Å². The van der Waals surface area contributed by atoms with Crippen LogP contribution in [-0.4, -0.2) is 25.7 Å². The van der Waals surface area contributed by atoms with Gasteiger partial charge < -0.3 is 15.0 Å². The summed E-state index contributed by atoms with van der Waals surface area (Å²) in [5.74, 6) is 0.893. The first-order valence-electron chi connectivity index (χ1n) is 5.13. The molecule has 0 aliphatic heterocycles. The Kier molecular flexibility index (Phi) is 4.65. The minimum atomic E-state index is 0. The second-order valence-corrected chi connectivity index (χ2v) is 3.58. The van der Waals surface area contributed by atoms with Crippen molar-refractivity contribution in [2.45, 2.75) is 6.42 Å². The molecule has 3 nitrogen and oxygen atoms in total. The fourth-order valence-electron chi connectivity index (χ4n) is 1.76. The number of nitrogens with one attached hydrogen (secondary N) is 2. The largest absolute Gasteiger partial charge is 0.497 e. The van der Waals surface area contributed by atoms with Gasteiger partial charge in [0.1, 0.15) is 5.75 Å². The molecule has 1 aromatic carbocycles. The molecule has 0 bridgehead atoms. The molecule has 16 heavy (non-hydrogen) atoms. The second kappa shape index (κ2) is 5.77. The Morgan fingerprint density at radius 2 is 2.19 bits per heavy atom. The lowest BCUT2D eigenvalue weighted by Crippen LogP contribution is -2.09. The van der Waals surface area contributed by atoms with Crippen LogP contribution in [0.4, 0.5) is 0 Å². The van der Waals surface area contributed by atoms with Gasteiger partial charge in [-0.25, -0.2) is 0 Å². The number of aromatic amines is 1. The van der Waals surface area contributed by atoms with Crippen molar-refractivity contribution in [2.24, 2.45) is 0 Å². The number of rotatable bonds is 4. The summed E-state index contributed by atoms with van der Waals surface area (Å²) in [5.41, 5.74) is 2.49. The standard InChI is InChI=1S/C12H16N2O.ClH/c1-13-6-5-9-8-14-12-7-10(15-2)3-4-11(9)12;/h3-4,7-8,13-14H,5-6H2,1-2H3;1H. The summed E-state index contributed by atoms with van der Waals surface area (Å²) in [6, 6.07) is 6.13. The summed E-state index contributed by atoms with van der Waals surface area (Å²) in [7, 11) is 3.66. The molecule has 2 N–H and O–H groups in total. The average Bonchev–Trinajstić information content (AvgIpc) is 2.68. The van der Waals surface area contributed by atoms with Crippen LogP contribution in [-0.2, 0) is 6.42 Å². The lowest BCUT2D eigenvalue weighted by Gasteiger charge is -2.00. The topological polar surface area (TPSA) is 37.0 Å². The number of benzene rings is 1. The molecule has 0 saturated carbocycles. The van der Waals surface area contributed by atoms with Gasteiger partial charge in [-0.05, 0) is 37.7 Å². The molecule has 0 unspecified atom stereocenters. The lowest BCUT2D eigenvalue weighted by atomic mass is 10.1. The monoisotopic (exact) mass is 240 g/mol. The molecular weight excluding hydrogens is 224 g/mol. The minimum absolute atomic E-state index is 0. The maximum Gasteiger partial charge on any atom is 0.120 e. The number of likely N-dealkylation sites (N-methyl/N-ethyl adjacent to an activating group) is 1. The fraction of sp³-hybridized carbons (Fsp3) is 0.333. The number of halogens is 1. The highest BCUT2D eigenvalue weighted by atomic mass is 35.5. The highest BCUT2D eigenvalue weighted by Gasteiger charge is 2.03. The van der Waals surface area contributed by atoms with Crippen molar-refractivity contribution in [2.75, 3.05) is 20.7 Å². The Bertz CT molecular complexity index is 453. The van der Waals surface area contributed by atoms with Crippen molar-refractivity contribution < 1.29 is 4.74 Å². The van der Waals surface area contributed by atoms with Crippen molar-refractivity contribution >= 4 is 23.3 Å². The zero-order chi connectivity index (χ0) is 10.7. The molecule has 0 aliphatic rings. The van der Waals surface area contributed by atoms with Gasteiger partial charge in [0.15, 0.2) is 0 Å². The van der Waals surface area contributed by atoms with Crippen LogP contribution in [0.15, 0.2) is 24.4 Å². The van der Waals surface area contributed by atoms with E-state index >= 15 is 0 Å². The molecule has 0 atom stereocenters. The van der Waals surface area contributed by atoms with Gasteiger partial charge in [0.05, 0.1) is 7.11 Å². The third-order valence-corrected chi connectivity index (χ3v) is 2.62. The molecule has 0 radical (unpaired) electrons. The molecule has 2 aromatic rings. The first-order chi connectivity index (χ1) is 7.35. The molecule has 1 aromatic heterocycles. The fourth-order valence-corrected chi connectivity index (χ4v) is 1.76. The van der Waals surface area contributed by atoms with Gasteiger partial charge >= 0.3 is 0 Å². The van der Waals surface area contributed by atoms with Gasteiger partial charge in [-0.3, -0.25) is 0 Å². The first kappa shape index (κ1) is 12.9. The number of hydrogen-bond acceptors (Lipinski definition) is 2. The second-order valence-electron chi connectivity index (χ2n) is 3.58. The predicted molar refractivity (Wildman–Crippen MR) is 69.7 cm³/mol. The van der Waals surface area contributed by atoms with E-state index in [2.05, 4.69) is 22.6 Å². The van der Waals surface area contributed by atoms with E-state index in [1.807, 2.05) is 19.2 Å². The molecule has 0 fully saturated rings. The van der Waals surface area contributed by atoms with Crippen molar-refractivity contribution in [3.8, 4) is 5.75 Å². The highest BCUT2D eigenvalue weighted by Crippen LogP contribution is 2.23. The van der Waals surface area contributed by atoms with Gasteiger partial charge in [-0.15, -0.1) is 12.4 Å². The summed E-state index contributed by atoms with van der Waals surface area (Å²) in [5, 5.41) is 4.44. The Labute approximate surface area is 102 Å². The molecule has 4 heteroatoms. The number of hydrogen-bond donors (Lipinski definition) is 2. The molecule has 1 heterocycles. The molecule has 0 amide bonds.